The topological polar surface area (TPSA) is 109 Å². The molecule has 2 N–H and O–H groups in total. The van der Waals surface area contributed by atoms with Crippen LogP contribution >= 0.6 is 11.3 Å². The van der Waals surface area contributed by atoms with E-state index in [2.05, 4.69) is 14.6 Å². The maximum Gasteiger partial charge on any atom is 0.356 e. The van der Waals surface area contributed by atoms with E-state index in [4.69, 9.17) is 9.84 Å². The number of carboxylic acids is 1. The average Bonchev–Trinajstić information content (AvgIpc) is 2.90. The van der Waals surface area contributed by atoms with Crippen molar-refractivity contribution in [2.45, 2.75) is 4.21 Å². The van der Waals surface area contributed by atoms with E-state index in [9.17, 15) is 13.2 Å². The van der Waals surface area contributed by atoms with Crippen molar-refractivity contribution in [3.05, 3.63) is 11.2 Å². The van der Waals surface area contributed by atoms with Crippen molar-refractivity contribution in [2.24, 2.45) is 0 Å². The van der Waals surface area contributed by atoms with Gasteiger partial charge in [-0.3, -0.25) is 4.90 Å². The molecule has 0 bridgehead atoms. The molecule has 20 heavy (non-hydrogen) atoms. The van der Waals surface area contributed by atoms with E-state index in [0.717, 1.165) is 24.4 Å². The van der Waals surface area contributed by atoms with Crippen molar-refractivity contribution in [3.63, 3.8) is 0 Å². The van der Waals surface area contributed by atoms with Gasteiger partial charge in [0.05, 0.1) is 18.7 Å². The van der Waals surface area contributed by atoms with Crippen LogP contribution in [0.3, 0.4) is 0 Å². The number of carbonyl (C=O) groups is 1. The zero-order chi connectivity index (χ0) is 14.6. The van der Waals surface area contributed by atoms with Crippen LogP contribution in [0.4, 0.5) is 0 Å². The molecule has 2 rings (SSSR count). The van der Waals surface area contributed by atoms with Crippen LogP contribution in [0.25, 0.3) is 0 Å². The fourth-order valence-corrected chi connectivity index (χ4v) is 4.00. The molecule has 1 fully saturated rings. The summed E-state index contributed by atoms with van der Waals surface area (Å²) in [6.07, 6.45) is 0. The Morgan fingerprint density at radius 2 is 2.20 bits per heavy atom. The van der Waals surface area contributed by atoms with Crippen molar-refractivity contribution in [2.75, 3.05) is 39.4 Å². The molecule has 10 heteroatoms. The van der Waals surface area contributed by atoms with Crippen LogP contribution < -0.4 is 4.72 Å². The number of aromatic carboxylic acids is 1. The number of hydrogen-bond acceptors (Lipinski definition) is 7. The molecular weight excluding hydrogens is 306 g/mol. The molecule has 1 aliphatic rings. The molecule has 0 saturated carbocycles. The number of sulfonamides is 1. The lowest BCUT2D eigenvalue weighted by Gasteiger charge is -2.26. The molecule has 0 aromatic carbocycles. The number of ether oxygens (including phenoxy) is 1. The number of rotatable bonds is 6. The van der Waals surface area contributed by atoms with Crippen LogP contribution in [0.1, 0.15) is 10.5 Å². The summed E-state index contributed by atoms with van der Waals surface area (Å²) in [6.45, 7) is 3.60. The van der Waals surface area contributed by atoms with Gasteiger partial charge in [0.25, 0.3) is 10.0 Å². The second-order valence-electron chi connectivity index (χ2n) is 4.15. The molecule has 1 aliphatic heterocycles. The van der Waals surface area contributed by atoms with Gasteiger partial charge in [0.2, 0.25) is 0 Å². The quantitative estimate of drug-likeness (QED) is 0.723. The minimum atomic E-state index is -3.83. The van der Waals surface area contributed by atoms with E-state index >= 15 is 0 Å². The number of nitrogens with one attached hydrogen (secondary N) is 1. The molecule has 0 unspecified atom stereocenters. The number of aromatic nitrogens is 1. The van der Waals surface area contributed by atoms with E-state index in [1.165, 1.54) is 5.51 Å². The minimum Gasteiger partial charge on any atom is -0.476 e. The Hall–Kier alpha value is -1.07. The van der Waals surface area contributed by atoms with Crippen molar-refractivity contribution in [3.8, 4) is 0 Å². The smallest absolute Gasteiger partial charge is 0.356 e. The summed E-state index contributed by atoms with van der Waals surface area (Å²) < 4.78 is 31.4. The van der Waals surface area contributed by atoms with Crippen LogP contribution in [0, 0.1) is 0 Å². The lowest BCUT2D eigenvalue weighted by Crippen LogP contribution is -2.41. The van der Waals surface area contributed by atoms with Gasteiger partial charge in [-0.05, 0) is 0 Å². The normalized spacial score (nSPS) is 17.2. The van der Waals surface area contributed by atoms with E-state index in [-0.39, 0.29) is 10.8 Å². The van der Waals surface area contributed by atoms with Gasteiger partial charge in [0.15, 0.2) is 9.90 Å². The van der Waals surface area contributed by atoms with E-state index in [1.54, 1.807) is 0 Å². The third kappa shape index (κ3) is 3.73. The summed E-state index contributed by atoms with van der Waals surface area (Å²) in [4.78, 5) is 16.5. The molecule has 1 saturated heterocycles. The van der Waals surface area contributed by atoms with Crippen molar-refractivity contribution >= 4 is 27.3 Å². The first-order valence-electron chi connectivity index (χ1n) is 5.97. The average molecular weight is 321 g/mol. The Bertz CT molecular complexity index is 565. The van der Waals surface area contributed by atoms with Crippen LogP contribution in [-0.4, -0.2) is 68.8 Å². The number of hydrogen-bond donors (Lipinski definition) is 2. The molecule has 0 atom stereocenters. The second kappa shape index (κ2) is 6.59. The summed E-state index contributed by atoms with van der Waals surface area (Å²) in [7, 11) is -3.83. The van der Waals surface area contributed by atoms with Gasteiger partial charge >= 0.3 is 5.97 Å². The third-order valence-electron chi connectivity index (χ3n) is 2.81. The highest BCUT2D eigenvalue weighted by Crippen LogP contribution is 2.19. The predicted octanol–water partition coefficient (Wildman–Crippen LogP) is -0.548. The van der Waals surface area contributed by atoms with Crippen LogP contribution in [-0.2, 0) is 14.8 Å². The molecule has 2 heterocycles. The Labute approximate surface area is 120 Å². The zero-order valence-corrected chi connectivity index (χ0v) is 12.2. The largest absolute Gasteiger partial charge is 0.476 e. The Kier molecular flexibility index (Phi) is 5.05. The van der Waals surface area contributed by atoms with Crippen LogP contribution in [0.5, 0.6) is 0 Å². The molecular formula is C10H15N3O5S2. The monoisotopic (exact) mass is 321 g/mol. The zero-order valence-electron chi connectivity index (χ0n) is 10.6. The van der Waals surface area contributed by atoms with Gasteiger partial charge in [-0.2, -0.15) is 0 Å². The van der Waals surface area contributed by atoms with Crippen molar-refractivity contribution in [1.29, 1.82) is 0 Å². The first kappa shape index (κ1) is 15.3. The molecule has 1 aromatic heterocycles. The highest BCUT2D eigenvalue weighted by atomic mass is 32.2. The molecule has 0 aliphatic carbocycles. The fourth-order valence-electron chi connectivity index (χ4n) is 1.80. The number of morpholine rings is 1. The maximum absolute atomic E-state index is 12.0. The second-order valence-corrected chi connectivity index (χ2v) is 6.96. The SMILES string of the molecule is O=C(O)c1ncsc1S(=O)(=O)NCCN1CCOCC1. The summed E-state index contributed by atoms with van der Waals surface area (Å²) in [6, 6.07) is 0. The fraction of sp³-hybridized carbons (Fsp3) is 0.600. The van der Waals surface area contributed by atoms with Crippen molar-refractivity contribution in [1.82, 2.24) is 14.6 Å². The van der Waals surface area contributed by atoms with Gasteiger partial charge in [0.1, 0.15) is 0 Å². The van der Waals surface area contributed by atoms with Gasteiger partial charge in [0, 0.05) is 26.2 Å². The van der Waals surface area contributed by atoms with E-state index in [1.807, 2.05) is 0 Å². The molecule has 0 radical (unpaired) electrons. The van der Waals surface area contributed by atoms with Crippen LogP contribution in [0.15, 0.2) is 9.72 Å². The molecule has 112 valence electrons. The summed E-state index contributed by atoms with van der Waals surface area (Å²) >= 11 is 0.795. The van der Waals surface area contributed by atoms with Crippen molar-refractivity contribution < 1.29 is 23.1 Å². The third-order valence-corrected chi connectivity index (χ3v) is 5.64. The lowest BCUT2D eigenvalue weighted by molar-refractivity contribution is 0.0390. The summed E-state index contributed by atoms with van der Waals surface area (Å²) in [5.41, 5.74) is 0.772. The first-order valence-corrected chi connectivity index (χ1v) is 8.33. The van der Waals surface area contributed by atoms with E-state index in [0.29, 0.717) is 19.8 Å². The standard InChI is InChI=1S/C10H15N3O5S2/c14-9(15)8-10(19-7-11-8)20(16,17)12-1-2-13-3-5-18-6-4-13/h7,12H,1-6H2,(H,14,15). The Morgan fingerprint density at radius 1 is 1.50 bits per heavy atom. The molecule has 8 nitrogen and oxygen atoms in total. The van der Waals surface area contributed by atoms with E-state index < -0.39 is 21.7 Å². The number of carboxylic acid groups (broad SMARTS) is 1. The maximum atomic E-state index is 12.0. The first-order chi connectivity index (χ1) is 9.50. The summed E-state index contributed by atoms with van der Waals surface area (Å²) in [5, 5.41) is 8.88. The van der Waals surface area contributed by atoms with Gasteiger partial charge in [-0.15, -0.1) is 11.3 Å². The molecule has 1 aromatic rings. The Morgan fingerprint density at radius 3 is 2.85 bits per heavy atom. The van der Waals surface area contributed by atoms with Gasteiger partial charge < -0.3 is 9.84 Å². The molecule has 0 spiro atoms. The lowest BCUT2D eigenvalue weighted by atomic mass is 10.4. The van der Waals surface area contributed by atoms with Crippen LogP contribution in [0.2, 0.25) is 0 Å². The predicted molar refractivity (Wildman–Crippen MR) is 71.5 cm³/mol. The highest BCUT2D eigenvalue weighted by Gasteiger charge is 2.25. The van der Waals surface area contributed by atoms with Gasteiger partial charge in [-0.1, -0.05) is 0 Å². The molecule has 0 amide bonds. The highest BCUT2D eigenvalue weighted by molar-refractivity contribution is 7.91. The summed E-state index contributed by atoms with van der Waals surface area (Å²) in [5.74, 6) is -1.35. The number of thiazole rings is 1. The van der Waals surface area contributed by atoms with Gasteiger partial charge in [-0.25, -0.2) is 22.9 Å². The Balaban J connectivity index is 1.93. The number of nitrogens with zero attached hydrogens (tertiary/aromatic N) is 2. The minimum absolute atomic E-state index is 0.222.